The number of carbonyl (C=O) groups is 1. The minimum atomic E-state index is 0.329. The smallest absolute Gasteiger partial charge is 0.122 e. The lowest BCUT2D eigenvalue weighted by Crippen LogP contribution is -1.62. The summed E-state index contributed by atoms with van der Waals surface area (Å²) >= 11 is 0. The van der Waals surface area contributed by atoms with Crippen LogP contribution in [0, 0.1) is 0 Å². The molecule has 1 rings (SSSR count). The Labute approximate surface area is 31.6 Å². The van der Waals surface area contributed by atoms with Gasteiger partial charge >= 0.3 is 0 Å². The van der Waals surface area contributed by atoms with Gasteiger partial charge in [-0.1, -0.05) is 6.32 Å². The molecule has 25 valence electrons. The first-order valence-electron chi connectivity index (χ1n) is 1.72. The SMILES string of the molecule is O=CC1[B]C1. The Morgan fingerprint density at radius 3 is 2.60 bits per heavy atom. The average Bonchev–Trinajstić information content (AvgIpc) is 2.12. The second-order valence-corrected chi connectivity index (χ2v) is 1.27. The fraction of sp³-hybridized carbons (Fsp3) is 0.667. The summed E-state index contributed by atoms with van der Waals surface area (Å²) in [6.45, 7) is 0. The van der Waals surface area contributed by atoms with E-state index < -0.39 is 0 Å². The fourth-order valence-electron chi connectivity index (χ4n) is 0.190. The first kappa shape index (κ1) is 2.95. The van der Waals surface area contributed by atoms with Crippen LogP contribution in [0.4, 0.5) is 0 Å². The molecule has 1 heterocycles. The normalized spacial score (nSPS) is 31.6. The summed E-state index contributed by atoms with van der Waals surface area (Å²) in [5, 5.41) is 0. The van der Waals surface area contributed by atoms with E-state index in [1.54, 1.807) is 0 Å². The average molecular weight is 66.9 g/mol. The Balaban J connectivity index is 2.21. The second-order valence-electron chi connectivity index (χ2n) is 1.27. The third-order valence-electron chi connectivity index (χ3n) is 0.683. The van der Waals surface area contributed by atoms with Crippen LogP contribution in [0.5, 0.6) is 0 Å². The van der Waals surface area contributed by atoms with E-state index in [1.807, 2.05) is 7.28 Å². The molecule has 1 atom stereocenters. The van der Waals surface area contributed by atoms with Gasteiger partial charge < -0.3 is 4.79 Å². The van der Waals surface area contributed by atoms with E-state index in [0.717, 1.165) is 12.6 Å². The van der Waals surface area contributed by atoms with Gasteiger partial charge in [0, 0.05) is 0 Å². The van der Waals surface area contributed by atoms with Crippen LogP contribution < -0.4 is 0 Å². The summed E-state index contributed by atoms with van der Waals surface area (Å²) < 4.78 is 0. The van der Waals surface area contributed by atoms with Crippen molar-refractivity contribution in [3.05, 3.63) is 0 Å². The molecule has 1 radical (unpaired) electrons. The highest BCUT2D eigenvalue weighted by Crippen LogP contribution is 2.22. The third kappa shape index (κ3) is 0.501. The minimum Gasteiger partial charge on any atom is -0.304 e. The minimum absolute atomic E-state index is 0.329. The summed E-state index contributed by atoms with van der Waals surface area (Å²) in [6, 6.07) is 0. The summed E-state index contributed by atoms with van der Waals surface area (Å²) in [7, 11) is 1.98. The van der Waals surface area contributed by atoms with Gasteiger partial charge in [0.25, 0.3) is 0 Å². The largest absolute Gasteiger partial charge is 0.304 e. The third-order valence-corrected chi connectivity index (χ3v) is 0.683. The second kappa shape index (κ2) is 0.849. The van der Waals surface area contributed by atoms with Crippen molar-refractivity contribution in [2.75, 3.05) is 0 Å². The molecule has 0 aromatic carbocycles. The van der Waals surface area contributed by atoms with Gasteiger partial charge in [0.2, 0.25) is 0 Å². The van der Waals surface area contributed by atoms with Gasteiger partial charge in [-0.2, -0.15) is 0 Å². The van der Waals surface area contributed by atoms with Gasteiger partial charge in [-0.05, 0) is 5.82 Å². The van der Waals surface area contributed by atoms with Gasteiger partial charge in [0.05, 0.1) is 0 Å². The van der Waals surface area contributed by atoms with Gasteiger partial charge in [0.1, 0.15) is 13.6 Å². The van der Waals surface area contributed by atoms with E-state index in [9.17, 15) is 4.79 Å². The molecule has 0 bridgehead atoms. The van der Waals surface area contributed by atoms with Gasteiger partial charge in [-0.15, -0.1) is 0 Å². The van der Waals surface area contributed by atoms with Crippen molar-refractivity contribution in [2.45, 2.75) is 12.1 Å². The summed E-state index contributed by atoms with van der Waals surface area (Å²) in [6.07, 6.45) is 1.99. The molecule has 0 aromatic heterocycles. The molecule has 1 aliphatic rings. The summed E-state index contributed by atoms with van der Waals surface area (Å²) in [5.41, 5.74) is 0. The predicted octanol–water partition coefficient (Wildman–Crippen LogP) is 0.110. The molecule has 0 aliphatic carbocycles. The molecule has 1 aliphatic heterocycles. The van der Waals surface area contributed by atoms with E-state index >= 15 is 0 Å². The number of hydrogen-bond donors (Lipinski definition) is 0. The van der Waals surface area contributed by atoms with Crippen molar-refractivity contribution in [1.29, 1.82) is 0 Å². The molecule has 0 aromatic rings. The zero-order valence-corrected chi connectivity index (χ0v) is 2.85. The molecule has 1 nitrogen and oxygen atoms in total. The monoisotopic (exact) mass is 67.0 g/mol. The molecule has 5 heavy (non-hydrogen) atoms. The van der Waals surface area contributed by atoms with E-state index in [-0.39, 0.29) is 0 Å². The van der Waals surface area contributed by atoms with E-state index in [0.29, 0.717) is 5.82 Å². The van der Waals surface area contributed by atoms with Crippen molar-refractivity contribution in [2.24, 2.45) is 0 Å². The van der Waals surface area contributed by atoms with Gasteiger partial charge in [-0.25, -0.2) is 0 Å². The molecular formula is C3H4BO. The van der Waals surface area contributed by atoms with Crippen molar-refractivity contribution >= 4 is 13.6 Å². The zero-order chi connectivity index (χ0) is 3.70. The van der Waals surface area contributed by atoms with Crippen LogP contribution in [0.15, 0.2) is 0 Å². The molecule has 1 fully saturated rings. The highest BCUT2D eigenvalue weighted by molar-refractivity contribution is 6.56. The molecule has 2 heteroatoms. The maximum atomic E-state index is 9.54. The first-order chi connectivity index (χ1) is 2.43. The molecule has 1 saturated heterocycles. The van der Waals surface area contributed by atoms with Crippen molar-refractivity contribution in [3.63, 3.8) is 0 Å². The van der Waals surface area contributed by atoms with Gasteiger partial charge in [0.15, 0.2) is 0 Å². The van der Waals surface area contributed by atoms with Crippen LogP contribution in [0.25, 0.3) is 0 Å². The lowest BCUT2D eigenvalue weighted by Gasteiger charge is -1.57. The Morgan fingerprint density at radius 1 is 2.00 bits per heavy atom. The quantitative estimate of drug-likeness (QED) is 0.314. The Morgan fingerprint density at radius 2 is 2.60 bits per heavy atom. The fourth-order valence-corrected chi connectivity index (χ4v) is 0.190. The molecule has 0 saturated carbocycles. The Kier molecular flexibility index (Phi) is 0.500. The topological polar surface area (TPSA) is 17.1 Å². The van der Waals surface area contributed by atoms with Gasteiger partial charge in [-0.3, -0.25) is 0 Å². The van der Waals surface area contributed by atoms with E-state index in [2.05, 4.69) is 0 Å². The van der Waals surface area contributed by atoms with Crippen molar-refractivity contribution in [3.8, 4) is 0 Å². The number of aldehydes is 1. The van der Waals surface area contributed by atoms with Crippen LogP contribution in [0.3, 0.4) is 0 Å². The van der Waals surface area contributed by atoms with Crippen LogP contribution in [-0.2, 0) is 4.79 Å². The van der Waals surface area contributed by atoms with Crippen LogP contribution >= 0.6 is 0 Å². The first-order valence-corrected chi connectivity index (χ1v) is 1.72. The number of rotatable bonds is 1. The lowest BCUT2D eigenvalue weighted by atomic mass is 10.0. The van der Waals surface area contributed by atoms with Crippen LogP contribution in [0.2, 0.25) is 12.1 Å². The molecule has 0 N–H and O–H groups in total. The predicted molar refractivity (Wildman–Crippen MR) is 20.4 cm³/mol. The zero-order valence-electron chi connectivity index (χ0n) is 2.85. The maximum absolute atomic E-state index is 9.54. The molecule has 1 unspecified atom stereocenters. The van der Waals surface area contributed by atoms with Crippen LogP contribution in [-0.4, -0.2) is 13.6 Å². The summed E-state index contributed by atoms with van der Waals surface area (Å²) in [5.74, 6) is 0.329. The summed E-state index contributed by atoms with van der Waals surface area (Å²) in [4.78, 5) is 9.54. The van der Waals surface area contributed by atoms with Crippen molar-refractivity contribution in [1.82, 2.24) is 0 Å². The highest BCUT2D eigenvalue weighted by Gasteiger charge is 2.21. The standard InChI is InChI=1S/C3H4BO/c5-2-3-1-4-3/h2-3H,1H2. The van der Waals surface area contributed by atoms with Crippen LogP contribution in [0.1, 0.15) is 0 Å². The highest BCUT2D eigenvalue weighted by atomic mass is 16.1. The van der Waals surface area contributed by atoms with E-state index in [1.165, 1.54) is 0 Å². The number of carbonyl (C=O) groups excluding carboxylic acids is 1. The van der Waals surface area contributed by atoms with E-state index in [4.69, 9.17) is 0 Å². The molecule has 0 spiro atoms. The molecule has 0 amide bonds. The Hall–Kier alpha value is -0.265. The Bertz CT molecular complexity index is 48.9. The maximum Gasteiger partial charge on any atom is 0.122 e. The lowest BCUT2D eigenvalue weighted by molar-refractivity contribution is -0.107. The molecular weight excluding hydrogens is 62.8 g/mol. The van der Waals surface area contributed by atoms with Crippen molar-refractivity contribution < 1.29 is 4.79 Å². The number of hydrogen-bond acceptors (Lipinski definition) is 1.